The van der Waals surface area contributed by atoms with E-state index in [0.29, 0.717) is 52.1 Å². The van der Waals surface area contributed by atoms with E-state index >= 15 is 0 Å². The summed E-state index contributed by atoms with van der Waals surface area (Å²) in [5.74, 6) is 0.479. The lowest BCUT2D eigenvalue weighted by atomic mass is 9.94. The number of amides is 1. The Bertz CT molecular complexity index is 1730. The summed E-state index contributed by atoms with van der Waals surface area (Å²) in [7, 11) is 3.04. The van der Waals surface area contributed by atoms with Crippen LogP contribution in [-0.4, -0.2) is 48.7 Å². The third-order valence-electron chi connectivity index (χ3n) is 7.20. The number of anilines is 1. The van der Waals surface area contributed by atoms with Gasteiger partial charge in [-0.25, -0.2) is 4.98 Å². The molecule has 1 saturated heterocycles. The van der Waals surface area contributed by atoms with Crippen LogP contribution in [0.15, 0.2) is 60.2 Å². The molecule has 1 fully saturated rings. The Morgan fingerprint density at radius 2 is 1.88 bits per heavy atom. The van der Waals surface area contributed by atoms with Crippen LogP contribution in [-0.2, 0) is 16.0 Å². The number of aliphatic hydroxyl groups is 1. The summed E-state index contributed by atoms with van der Waals surface area (Å²) >= 11 is 1.27. The van der Waals surface area contributed by atoms with E-state index in [-0.39, 0.29) is 17.4 Å². The van der Waals surface area contributed by atoms with Crippen LogP contribution in [0, 0.1) is 0 Å². The highest BCUT2D eigenvalue weighted by Crippen LogP contribution is 2.46. The lowest BCUT2D eigenvalue weighted by Gasteiger charge is -2.23. The molecule has 41 heavy (non-hydrogen) atoms. The van der Waals surface area contributed by atoms with Gasteiger partial charge in [0, 0.05) is 12.0 Å². The van der Waals surface area contributed by atoms with Gasteiger partial charge in [-0.15, -0.1) is 0 Å². The van der Waals surface area contributed by atoms with Crippen molar-refractivity contribution in [2.24, 2.45) is 0 Å². The number of ether oxygens (including phenoxy) is 4. The molecule has 3 heterocycles. The highest BCUT2D eigenvalue weighted by Gasteiger charge is 2.48. The first-order valence-corrected chi connectivity index (χ1v) is 14.0. The molecule has 2 atom stereocenters. The minimum atomic E-state index is -0.967. The second-order valence-corrected chi connectivity index (χ2v) is 10.8. The lowest BCUT2D eigenvalue weighted by Crippen LogP contribution is -2.29. The van der Waals surface area contributed by atoms with Crippen molar-refractivity contribution in [3.05, 3.63) is 76.9 Å². The number of carbonyl (C=O) groups excluding carboxylic acids is 2. The van der Waals surface area contributed by atoms with Gasteiger partial charge in [0.1, 0.15) is 23.4 Å². The second kappa shape index (κ2) is 10.4. The summed E-state index contributed by atoms with van der Waals surface area (Å²) in [6.45, 7) is 4.38. The van der Waals surface area contributed by atoms with Crippen molar-refractivity contribution in [1.29, 1.82) is 0 Å². The Morgan fingerprint density at radius 3 is 2.63 bits per heavy atom. The molecule has 0 radical (unpaired) electrons. The third kappa shape index (κ3) is 4.54. The highest BCUT2D eigenvalue weighted by atomic mass is 32.1. The average Bonchev–Trinajstić information content (AvgIpc) is 3.64. The molecule has 2 aliphatic rings. The van der Waals surface area contributed by atoms with Gasteiger partial charge in [0.25, 0.3) is 5.78 Å². The Labute approximate surface area is 240 Å². The zero-order valence-corrected chi connectivity index (χ0v) is 23.8. The van der Waals surface area contributed by atoms with Gasteiger partial charge in [-0.2, -0.15) is 0 Å². The molecule has 0 bridgehead atoms. The summed E-state index contributed by atoms with van der Waals surface area (Å²) in [5, 5.41) is 11.9. The number of Topliss-reactive ketones (excluding diaryl/α,β-unsaturated/α-hetero) is 1. The molecule has 0 saturated carbocycles. The molecule has 3 aromatic carbocycles. The van der Waals surface area contributed by atoms with Gasteiger partial charge in [0.15, 0.2) is 16.6 Å². The number of aromatic nitrogens is 1. The van der Waals surface area contributed by atoms with Crippen molar-refractivity contribution >= 4 is 44.1 Å². The van der Waals surface area contributed by atoms with Gasteiger partial charge < -0.3 is 24.1 Å². The predicted octanol–water partition coefficient (Wildman–Crippen LogP) is 5.66. The fraction of sp³-hybridized carbons (Fsp3) is 0.258. The average molecular weight is 573 g/mol. The molecule has 0 aliphatic carbocycles. The fourth-order valence-electron chi connectivity index (χ4n) is 5.35. The van der Waals surface area contributed by atoms with Gasteiger partial charge in [0.2, 0.25) is 0 Å². The minimum Gasteiger partial charge on any atom is -0.507 e. The van der Waals surface area contributed by atoms with Crippen LogP contribution in [0.5, 0.6) is 23.0 Å². The molecule has 2 aliphatic heterocycles. The zero-order chi connectivity index (χ0) is 28.8. The molecule has 0 unspecified atom stereocenters. The smallest absolute Gasteiger partial charge is 0.301 e. The van der Waals surface area contributed by atoms with Crippen molar-refractivity contribution < 1.29 is 33.6 Å². The Hall–Kier alpha value is -4.57. The zero-order valence-electron chi connectivity index (χ0n) is 23.0. The van der Waals surface area contributed by atoms with Crippen LogP contribution >= 0.6 is 11.3 Å². The van der Waals surface area contributed by atoms with Crippen LogP contribution in [0.4, 0.5) is 5.13 Å². The van der Waals surface area contributed by atoms with E-state index in [0.717, 1.165) is 16.0 Å². The number of thiazole rings is 1. The van der Waals surface area contributed by atoms with Crippen LogP contribution in [0.25, 0.3) is 16.0 Å². The summed E-state index contributed by atoms with van der Waals surface area (Å²) in [4.78, 5) is 33.4. The Morgan fingerprint density at radius 1 is 1.07 bits per heavy atom. The largest absolute Gasteiger partial charge is 0.507 e. The standard InChI is InChI=1S/C31H28N2O7S/c1-5-39-20-8-9-21-25(15-20)41-31(32-21)33-27(17-6-11-23(37-3)24(14-17)38-4)26(29(35)30(33)36)28(34)18-7-10-22-19(13-18)12-16(2)40-22/h6-11,13-16,27,34H,5,12H2,1-4H3/b28-26+/t16-,27-/m1/s1. The summed E-state index contributed by atoms with van der Waals surface area (Å²) in [6.07, 6.45) is 0.696. The maximum Gasteiger partial charge on any atom is 0.301 e. The predicted molar refractivity (Wildman–Crippen MR) is 155 cm³/mol. The summed E-state index contributed by atoms with van der Waals surface area (Å²) < 4.78 is 23.2. The number of carbonyl (C=O) groups is 2. The van der Waals surface area contributed by atoms with Gasteiger partial charge >= 0.3 is 5.91 Å². The summed E-state index contributed by atoms with van der Waals surface area (Å²) in [6, 6.07) is 14.9. The van der Waals surface area contributed by atoms with Crippen LogP contribution in [0.1, 0.15) is 36.6 Å². The van der Waals surface area contributed by atoms with E-state index < -0.39 is 17.7 Å². The van der Waals surface area contributed by atoms with Crippen molar-refractivity contribution in [3.63, 3.8) is 0 Å². The molecule has 4 aromatic rings. The van der Waals surface area contributed by atoms with Crippen LogP contribution in [0.3, 0.4) is 0 Å². The van der Waals surface area contributed by atoms with E-state index in [1.807, 2.05) is 32.0 Å². The summed E-state index contributed by atoms with van der Waals surface area (Å²) in [5.41, 5.74) is 2.53. The molecule has 0 spiro atoms. The minimum absolute atomic E-state index is 0.0158. The fourth-order valence-corrected chi connectivity index (χ4v) is 6.37. The number of nitrogens with zero attached hydrogens (tertiary/aromatic N) is 2. The Balaban J connectivity index is 1.53. The molecule has 1 N–H and O–H groups in total. The number of ketones is 1. The number of fused-ring (bicyclic) bond motifs is 2. The molecular formula is C31H28N2O7S. The molecule has 210 valence electrons. The van der Waals surface area contributed by atoms with Gasteiger partial charge in [-0.3, -0.25) is 14.5 Å². The van der Waals surface area contributed by atoms with Crippen molar-refractivity contribution in [3.8, 4) is 23.0 Å². The number of methoxy groups -OCH3 is 2. The normalized spacial score (nSPS) is 19.4. The maximum absolute atomic E-state index is 13.7. The number of hydrogen-bond acceptors (Lipinski definition) is 9. The molecule has 9 nitrogen and oxygen atoms in total. The maximum atomic E-state index is 13.7. The number of hydrogen-bond donors (Lipinski definition) is 1. The van der Waals surface area contributed by atoms with Crippen molar-refractivity contribution in [2.45, 2.75) is 32.4 Å². The van der Waals surface area contributed by atoms with E-state index in [1.165, 1.54) is 30.5 Å². The quantitative estimate of drug-likeness (QED) is 0.172. The highest BCUT2D eigenvalue weighted by molar-refractivity contribution is 7.22. The van der Waals surface area contributed by atoms with E-state index in [9.17, 15) is 14.7 Å². The van der Waals surface area contributed by atoms with E-state index in [2.05, 4.69) is 0 Å². The Kier molecular flexibility index (Phi) is 6.78. The van der Waals surface area contributed by atoms with Crippen LogP contribution in [0.2, 0.25) is 0 Å². The van der Waals surface area contributed by atoms with Gasteiger partial charge in [0.05, 0.1) is 42.7 Å². The van der Waals surface area contributed by atoms with Gasteiger partial charge in [-0.1, -0.05) is 17.4 Å². The second-order valence-electron chi connectivity index (χ2n) is 9.80. The SMILES string of the molecule is CCOc1ccc2nc(N3C(=O)C(=O)/C(=C(/O)c4ccc5c(c4)C[C@@H](C)O5)[C@H]3c3ccc(OC)c(OC)c3)sc2c1. The molecule has 1 aromatic heterocycles. The van der Waals surface area contributed by atoms with E-state index in [1.54, 1.807) is 36.4 Å². The van der Waals surface area contributed by atoms with Gasteiger partial charge in [-0.05, 0) is 73.5 Å². The van der Waals surface area contributed by atoms with Crippen molar-refractivity contribution in [1.82, 2.24) is 4.98 Å². The molecule has 1 amide bonds. The lowest BCUT2D eigenvalue weighted by molar-refractivity contribution is -0.132. The number of benzene rings is 3. The molecular weight excluding hydrogens is 544 g/mol. The first kappa shape index (κ1) is 26.6. The monoisotopic (exact) mass is 572 g/mol. The number of rotatable bonds is 7. The topological polar surface area (TPSA) is 107 Å². The molecule has 10 heteroatoms. The van der Waals surface area contributed by atoms with E-state index in [4.69, 9.17) is 23.9 Å². The number of aliphatic hydroxyl groups excluding tert-OH is 1. The first-order valence-electron chi connectivity index (χ1n) is 13.2. The third-order valence-corrected chi connectivity index (χ3v) is 8.22. The van der Waals surface area contributed by atoms with Crippen molar-refractivity contribution in [2.75, 3.05) is 25.7 Å². The first-order chi connectivity index (χ1) is 19.8. The van der Waals surface area contributed by atoms with Crippen LogP contribution < -0.4 is 23.8 Å². The molecule has 6 rings (SSSR count).